The Morgan fingerprint density at radius 3 is 2.49 bits per heavy atom. The zero-order valence-electron chi connectivity index (χ0n) is 20.9. The van der Waals surface area contributed by atoms with Gasteiger partial charge in [0, 0.05) is 16.3 Å². The molecule has 7 nitrogen and oxygen atoms in total. The van der Waals surface area contributed by atoms with Crippen LogP contribution in [0.25, 0.3) is 11.8 Å². The van der Waals surface area contributed by atoms with Crippen LogP contribution in [0.3, 0.4) is 0 Å². The van der Waals surface area contributed by atoms with Crippen molar-refractivity contribution in [3.8, 4) is 5.69 Å². The van der Waals surface area contributed by atoms with Gasteiger partial charge in [-0.05, 0) is 63.6 Å². The van der Waals surface area contributed by atoms with Crippen LogP contribution < -0.4 is 14.9 Å². The quantitative estimate of drug-likeness (QED) is 0.360. The van der Waals surface area contributed by atoms with E-state index in [0.717, 1.165) is 28.2 Å². The van der Waals surface area contributed by atoms with Gasteiger partial charge in [0.2, 0.25) is 0 Å². The summed E-state index contributed by atoms with van der Waals surface area (Å²) in [6, 6.07) is 16.3. The van der Waals surface area contributed by atoms with Crippen molar-refractivity contribution < 1.29 is 9.53 Å². The normalized spacial score (nSPS) is 15.5. The number of aromatic nitrogens is 3. The lowest BCUT2D eigenvalue weighted by atomic mass is 9.96. The Labute approximate surface area is 222 Å². The van der Waals surface area contributed by atoms with E-state index in [1.807, 2.05) is 67.1 Å². The maximum Gasteiger partial charge on any atom is 0.338 e. The second-order valence-corrected chi connectivity index (χ2v) is 10.1. The molecule has 9 heteroatoms. The summed E-state index contributed by atoms with van der Waals surface area (Å²) in [5, 5.41) is 5.27. The van der Waals surface area contributed by atoms with Crippen molar-refractivity contribution in [1.29, 1.82) is 0 Å². The number of carbonyl (C=O) groups excluding carboxylic acids is 1. The second kappa shape index (κ2) is 9.95. The molecule has 0 fully saturated rings. The summed E-state index contributed by atoms with van der Waals surface area (Å²) in [5.41, 5.74) is 4.93. The molecule has 0 aliphatic carbocycles. The number of hydrogen-bond donors (Lipinski definition) is 0. The Morgan fingerprint density at radius 1 is 1.11 bits per heavy atom. The van der Waals surface area contributed by atoms with Crippen molar-refractivity contribution in [3.05, 3.63) is 113 Å². The molecule has 1 unspecified atom stereocenters. The molecule has 0 spiro atoms. The number of aryl methyl sites for hydroxylation is 1. The van der Waals surface area contributed by atoms with E-state index in [1.54, 1.807) is 30.5 Å². The van der Waals surface area contributed by atoms with Crippen LogP contribution in [0.2, 0.25) is 5.02 Å². The summed E-state index contributed by atoms with van der Waals surface area (Å²) < 4.78 is 9.30. The first-order valence-corrected chi connectivity index (χ1v) is 13.1. The van der Waals surface area contributed by atoms with E-state index >= 15 is 0 Å². The zero-order chi connectivity index (χ0) is 26.3. The number of fused-ring (bicyclic) bond motifs is 1. The average molecular weight is 533 g/mol. The number of benzene rings is 2. The number of thiazole rings is 1. The van der Waals surface area contributed by atoms with Crippen molar-refractivity contribution >= 4 is 35.0 Å². The highest BCUT2D eigenvalue weighted by molar-refractivity contribution is 7.07. The maximum absolute atomic E-state index is 13.9. The molecule has 4 aromatic rings. The van der Waals surface area contributed by atoms with Crippen LogP contribution in [0, 0.1) is 13.8 Å². The summed E-state index contributed by atoms with van der Waals surface area (Å²) in [6.07, 6.45) is 1.86. The molecular weight excluding hydrogens is 508 g/mol. The number of nitrogens with zero attached hydrogens (tertiary/aromatic N) is 4. The van der Waals surface area contributed by atoms with Gasteiger partial charge in [-0.3, -0.25) is 9.36 Å². The number of para-hydroxylation sites is 1. The van der Waals surface area contributed by atoms with Crippen LogP contribution in [-0.2, 0) is 9.53 Å². The summed E-state index contributed by atoms with van der Waals surface area (Å²) in [4.78, 5) is 32.0. The predicted octanol–water partition coefficient (Wildman–Crippen LogP) is 4.25. The Bertz CT molecular complexity index is 1710. The first kappa shape index (κ1) is 24.9. The molecule has 2 aromatic heterocycles. The first-order chi connectivity index (χ1) is 17.8. The maximum atomic E-state index is 13.9. The average Bonchev–Trinajstić information content (AvgIpc) is 3.34. The molecule has 1 atom stereocenters. The molecule has 1 aliphatic heterocycles. The van der Waals surface area contributed by atoms with Crippen molar-refractivity contribution in [3.63, 3.8) is 0 Å². The Kier molecular flexibility index (Phi) is 6.70. The van der Waals surface area contributed by atoms with Gasteiger partial charge in [-0.15, -0.1) is 0 Å². The van der Waals surface area contributed by atoms with Gasteiger partial charge in [0.1, 0.15) is 0 Å². The molecular formula is C28H25ClN4O3S. The Balaban J connectivity index is 1.70. The van der Waals surface area contributed by atoms with E-state index in [0.29, 0.717) is 25.6 Å². The van der Waals surface area contributed by atoms with Gasteiger partial charge in [0.05, 0.1) is 39.8 Å². The molecule has 0 amide bonds. The summed E-state index contributed by atoms with van der Waals surface area (Å²) in [6.45, 7) is 7.65. The fourth-order valence-corrected chi connectivity index (χ4v) is 5.72. The first-order valence-electron chi connectivity index (χ1n) is 11.9. The van der Waals surface area contributed by atoms with Crippen LogP contribution >= 0.6 is 22.9 Å². The lowest BCUT2D eigenvalue weighted by Gasteiger charge is -2.24. The molecule has 0 bridgehead atoms. The van der Waals surface area contributed by atoms with Gasteiger partial charge >= 0.3 is 5.97 Å². The topological polar surface area (TPSA) is 78.5 Å². The highest BCUT2D eigenvalue weighted by Crippen LogP contribution is 2.31. The van der Waals surface area contributed by atoms with E-state index in [1.165, 1.54) is 11.3 Å². The fourth-order valence-electron chi connectivity index (χ4n) is 4.57. The third-order valence-corrected chi connectivity index (χ3v) is 7.56. The van der Waals surface area contributed by atoms with Crippen molar-refractivity contribution in [2.24, 2.45) is 4.99 Å². The highest BCUT2D eigenvalue weighted by Gasteiger charge is 2.33. The van der Waals surface area contributed by atoms with Crippen molar-refractivity contribution in [1.82, 2.24) is 14.3 Å². The zero-order valence-corrected chi connectivity index (χ0v) is 22.4. The van der Waals surface area contributed by atoms with Gasteiger partial charge in [0.15, 0.2) is 4.80 Å². The van der Waals surface area contributed by atoms with Crippen molar-refractivity contribution in [2.75, 3.05) is 6.61 Å². The van der Waals surface area contributed by atoms with E-state index < -0.39 is 12.0 Å². The lowest BCUT2D eigenvalue weighted by Crippen LogP contribution is -2.39. The van der Waals surface area contributed by atoms with Gasteiger partial charge < -0.3 is 4.74 Å². The molecule has 3 heterocycles. The van der Waals surface area contributed by atoms with Crippen LogP contribution in [0.1, 0.15) is 42.4 Å². The summed E-state index contributed by atoms with van der Waals surface area (Å²) in [5.74, 6) is -0.492. The minimum atomic E-state index is -0.677. The fraction of sp³-hybridized carbons (Fsp3) is 0.214. The monoisotopic (exact) mass is 532 g/mol. The Hall–Kier alpha value is -3.75. The molecule has 0 N–H and O–H groups in total. The van der Waals surface area contributed by atoms with E-state index in [9.17, 15) is 9.59 Å². The molecule has 0 saturated carbocycles. The van der Waals surface area contributed by atoms with Gasteiger partial charge in [-0.1, -0.05) is 53.3 Å². The van der Waals surface area contributed by atoms with E-state index in [4.69, 9.17) is 21.4 Å². The lowest BCUT2D eigenvalue weighted by molar-refractivity contribution is -0.139. The third kappa shape index (κ3) is 4.47. The van der Waals surface area contributed by atoms with Gasteiger partial charge in [-0.2, -0.15) is 5.10 Å². The largest absolute Gasteiger partial charge is 0.463 e. The number of halogens is 1. The number of esters is 1. The van der Waals surface area contributed by atoms with Crippen LogP contribution in [0.5, 0.6) is 0 Å². The van der Waals surface area contributed by atoms with Gasteiger partial charge in [-0.25, -0.2) is 14.5 Å². The van der Waals surface area contributed by atoms with E-state index in [-0.39, 0.29) is 12.2 Å². The standard InChI is InChI=1S/C28H25ClN4O3S/c1-5-36-27(35)24-17(3)30-28-32(25(24)19-11-13-20(29)14-12-19)26(34)23(37-28)15-22-16(2)31-33(18(22)4)21-9-7-6-8-10-21/h6-15,25H,5H2,1-4H3/b23-15+. The van der Waals surface area contributed by atoms with Gasteiger partial charge in [0.25, 0.3) is 5.56 Å². The van der Waals surface area contributed by atoms with Crippen LogP contribution in [-0.4, -0.2) is 26.9 Å². The van der Waals surface area contributed by atoms with Crippen LogP contribution in [0.15, 0.2) is 75.7 Å². The highest BCUT2D eigenvalue weighted by atomic mass is 35.5. The molecule has 5 rings (SSSR count). The molecule has 2 aromatic carbocycles. The van der Waals surface area contributed by atoms with E-state index in [2.05, 4.69) is 4.99 Å². The van der Waals surface area contributed by atoms with Crippen molar-refractivity contribution in [2.45, 2.75) is 33.7 Å². The third-order valence-electron chi connectivity index (χ3n) is 6.33. The van der Waals surface area contributed by atoms with Crippen LogP contribution in [0.4, 0.5) is 0 Å². The molecule has 37 heavy (non-hydrogen) atoms. The summed E-state index contributed by atoms with van der Waals surface area (Å²) in [7, 11) is 0. The number of ether oxygens (including phenoxy) is 1. The number of allylic oxidation sites excluding steroid dienone is 1. The molecule has 188 valence electrons. The predicted molar refractivity (Wildman–Crippen MR) is 145 cm³/mol. The SMILES string of the molecule is CCOC(=O)C1=C(C)N=c2s/c(=C/c3c(C)nn(-c4ccccc4)c3C)c(=O)n2C1c1ccc(Cl)cc1. The minimum Gasteiger partial charge on any atom is -0.463 e. The Morgan fingerprint density at radius 2 is 1.81 bits per heavy atom. The molecule has 0 radical (unpaired) electrons. The number of hydrogen-bond acceptors (Lipinski definition) is 6. The summed E-state index contributed by atoms with van der Waals surface area (Å²) >= 11 is 7.42. The number of carbonyl (C=O) groups is 1. The smallest absolute Gasteiger partial charge is 0.338 e. The molecule has 1 aliphatic rings. The molecule has 0 saturated heterocycles. The minimum absolute atomic E-state index is 0.220. The second-order valence-electron chi connectivity index (χ2n) is 8.69. The number of rotatable bonds is 5.